The number of sulfone groups is 1. The standard InChI is InChI=1S/C28H32N2O5S/c1-18-12-23(35-10-5-11-36(3,33)34)13-19(2)27(18)21-7-4-6-20(14-21)16-29-26-9-8-22(17-30-26)24-15-25(24)28(31)32/h4,6-9,12-14,17,24-25H,5,10-11,15-16H2,1-3H3,(H,29,30)(H,31,32)/t24-,25+/m0/s1. The summed E-state index contributed by atoms with van der Waals surface area (Å²) in [6, 6.07) is 16.2. The average Bonchev–Trinajstić information content (AvgIpc) is 3.62. The molecule has 0 aliphatic heterocycles. The van der Waals surface area contributed by atoms with E-state index in [1.54, 1.807) is 6.20 Å². The zero-order valence-corrected chi connectivity index (χ0v) is 21.6. The van der Waals surface area contributed by atoms with Gasteiger partial charge in [-0.1, -0.05) is 24.3 Å². The summed E-state index contributed by atoms with van der Waals surface area (Å²) in [6.45, 7) is 5.08. The molecule has 7 nitrogen and oxygen atoms in total. The van der Waals surface area contributed by atoms with Gasteiger partial charge in [0.25, 0.3) is 0 Å². The van der Waals surface area contributed by atoms with Gasteiger partial charge in [-0.2, -0.15) is 0 Å². The molecule has 1 heterocycles. The van der Waals surface area contributed by atoms with Gasteiger partial charge in [0.1, 0.15) is 21.4 Å². The number of aliphatic carboxylic acids is 1. The van der Waals surface area contributed by atoms with E-state index in [1.165, 1.54) is 6.26 Å². The van der Waals surface area contributed by atoms with Gasteiger partial charge in [-0.05, 0) is 90.3 Å². The number of aryl methyl sites for hydroxylation is 2. The summed E-state index contributed by atoms with van der Waals surface area (Å²) in [5.74, 6) is 0.684. The highest BCUT2D eigenvalue weighted by Gasteiger charge is 2.44. The molecule has 1 aromatic heterocycles. The molecule has 2 aromatic carbocycles. The predicted molar refractivity (Wildman–Crippen MR) is 141 cm³/mol. The first-order valence-corrected chi connectivity index (χ1v) is 14.1. The molecule has 0 unspecified atom stereocenters. The van der Waals surface area contributed by atoms with Crippen molar-refractivity contribution < 1.29 is 23.1 Å². The third-order valence-electron chi connectivity index (χ3n) is 6.45. The lowest BCUT2D eigenvalue weighted by Crippen LogP contribution is -2.08. The fourth-order valence-corrected chi connectivity index (χ4v) is 5.21. The molecule has 0 saturated heterocycles. The lowest BCUT2D eigenvalue weighted by molar-refractivity contribution is -0.138. The van der Waals surface area contributed by atoms with E-state index in [2.05, 4.69) is 42.3 Å². The van der Waals surface area contributed by atoms with Crippen LogP contribution in [0.15, 0.2) is 54.7 Å². The van der Waals surface area contributed by atoms with E-state index in [9.17, 15) is 13.2 Å². The van der Waals surface area contributed by atoms with Crippen LogP contribution in [0, 0.1) is 19.8 Å². The summed E-state index contributed by atoms with van der Waals surface area (Å²) in [7, 11) is -2.98. The lowest BCUT2D eigenvalue weighted by Gasteiger charge is -2.15. The lowest BCUT2D eigenvalue weighted by atomic mass is 9.94. The molecule has 1 aliphatic carbocycles. The number of ether oxygens (including phenoxy) is 1. The Labute approximate surface area is 212 Å². The molecular formula is C28H32N2O5S. The van der Waals surface area contributed by atoms with E-state index >= 15 is 0 Å². The number of hydrogen-bond acceptors (Lipinski definition) is 6. The number of rotatable bonds is 11. The maximum Gasteiger partial charge on any atom is 0.307 e. The van der Waals surface area contributed by atoms with Crippen molar-refractivity contribution in [3.8, 4) is 16.9 Å². The van der Waals surface area contributed by atoms with Gasteiger partial charge in [0.2, 0.25) is 0 Å². The number of benzene rings is 2. The van der Waals surface area contributed by atoms with Crippen LogP contribution in [0.25, 0.3) is 11.1 Å². The largest absolute Gasteiger partial charge is 0.494 e. The number of hydrogen-bond donors (Lipinski definition) is 2. The summed E-state index contributed by atoms with van der Waals surface area (Å²) < 4.78 is 28.4. The van der Waals surface area contributed by atoms with Crippen molar-refractivity contribution in [2.75, 3.05) is 23.9 Å². The predicted octanol–water partition coefficient (Wildman–Crippen LogP) is 4.98. The van der Waals surface area contributed by atoms with Gasteiger partial charge in [-0.3, -0.25) is 4.79 Å². The zero-order chi connectivity index (χ0) is 25.9. The van der Waals surface area contributed by atoms with Gasteiger partial charge >= 0.3 is 5.97 Å². The minimum Gasteiger partial charge on any atom is -0.494 e. The molecule has 36 heavy (non-hydrogen) atoms. The molecule has 4 rings (SSSR count). The number of anilines is 1. The monoisotopic (exact) mass is 508 g/mol. The van der Waals surface area contributed by atoms with Crippen molar-refractivity contribution in [2.45, 2.75) is 39.2 Å². The summed E-state index contributed by atoms with van der Waals surface area (Å²) >= 11 is 0. The van der Waals surface area contributed by atoms with E-state index in [1.807, 2.05) is 30.3 Å². The summed E-state index contributed by atoms with van der Waals surface area (Å²) in [5, 5.41) is 12.5. The number of pyridine rings is 1. The van der Waals surface area contributed by atoms with E-state index in [0.717, 1.165) is 44.9 Å². The summed E-state index contributed by atoms with van der Waals surface area (Å²) in [4.78, 5) is 15.5. The van der Waals surface area contributed by atoms with Crippen molar-refractivity contribution in [1.29, 1.82) is 0 Å². The normalized spacial score (nSPS) is 17.0. The smallest absolute Gasteiger partial charge is 0.307 e. The Morgan fingerprint density at radius 3 is 2.50 bits per heavy atom. The molecule has 0 bridgehead atoms. The Bertz CT molecular complexity index is 1330. The van der Waals surface area contributed by atoms with Gasteiger partial charge in [-0.25, -0.2) is 13.4 Å². The van der Waals surface area contributed by atoms with Gasteiger partial charge in [0, 0.05) is 19.0 Å². The molecule has 1 fully saturated rings. The second-order valence-electron chi connectivity index (χ2n) is 9.58. The van der Waals surface area contributed by atoms with Gasteiger partial charge in [-0.15, -0.1) is 0 Å². The van der Waals surface area contributed by atoms with Gasteiger partial charge in [0.15, 0.2) is 0 Å². The maximum absolute atomic E-state index is 11.3. The Balaban J connectivity index is 1.38. The van der Waals surface area contributed by atoms with Crippen LogP contribution in [-0.2, 0) is 21.2 Å². The van der Waals surface area contributed by atoms with Crippen molar-refractivity contribution in [1.82, 2.24) is 4.98 Å². The number of nitrogens with zero attached hydrogens (tertiary/aromatic N) is 1. The third-order valence-corrected chi connectivity index (χ3v) is 7.48. The molecule has 0 radical (unpaired) electrons. The molecule has 8 heteroatoms. The van der Waals surface area contributed by atoms with E-state index < -0.39 is 15.8 Å². The molecule has 1 aliphatic rings. The molecule has 2 atom stereocenters. The Morgan fingerprint density at radius 2 is 1.89 bits per heavy atom. The van der Waals surface area contributed by atoms with Crippen LogP contribution in [0.4, 0.5) is 5.82 Å². The number of carbonyl (C=O) groups is 1. The van der Waals surface area contributed by atoms with Crippen LogP contribution >= 0.6 is 0 Å². The molecular weight excluding hydrogens is 476 g/mol. The molecule has 190 valence electrons. The molecule has 2 N–H and O–H groups in total. The molecule has 1 saturated carbocycles. The summed E-state index contributed by atoms with van der Waals surface area (Å²) in [6.07, 6.45) is 4.16. The first-order chi connectivity index (χ1) is 17.1. The SMILES string of the molecule is Cc1cc(OCCCS(C)(=O)=O)cc(C)c1-c1cccc(CNc2ccc([C@@H]3C[C@H]3C(=O)O)cn2)c1. The minimum absolute atomic E-state index is 0.0801. The second kappa shape index (κ2) is 10.7. The second-order valence-corrected chi connectivity index (χ2v) is 11.8. The molecule has 0 spiro atoms. The van der Waals surface area contributed by atoms with Crippen molar-refractivity contribution in [2.24, 2.45) is 5.92 Å². The summed E-state index contributed by atoms with van der Waals surface area (Å²) in [5.41, 5.74) is 6.55. The number of aromatic nitrogens is 1. The van der Waals surface area contributed by atoms with Crippen LogP contribution in [-0.4, -0.2) is 43.1 Å². The first-order valence-electron chi connectivity index (χ1n) is 12.0. The van der Waals surface area contributed by atoms with Crippen molar-refractivity contribution >= 4 is 21.6 Å². The van der Waals surface area contributed by atoms with Crippen LogP contribution in [0.1, 0.15) is 41.0 Å². The fourth-order valence-electron chi connectivity index (χ4n) is 4.57. The quantitative estimate of drug-likeness (QED) is 0.352. The highest BCUT2D eigenvalue weighted by molar-refractivity contribution is 7.90. The Hall–Kier alpha value is -3.39. The molecule has 0 amide bonds. The van der Waals surface area contributed by atoms with Crippen LogP contribution in [0.3, 0.4) is 0 Å². The van der Waals surface area contributed by atoms with E-state index in [0.29, 0.717) is 26.0 Å². The van der Waals surface area contributed by atoms with E-state index in [4.69, 9.17) is 9.84 Å². The van der Waals surface area contributed by atoms with Gasteiger partial charge < -0.3 is 15.2 Å². The average molecular weight is 509 g/mol. The minimum atomic E-state index is -2.98. The Kier molecular flexibility index (Phi) is 7.64. The fraction of sp³-hybridized carbons (Fsp3) is 0.357. The zero-order valence-electron chi connectivity index (χ0n) is 20.8. The topological polar surface area (TPSA) is 106 Å². The maximum atomic E-state index is 11.3. The van der Waals surface area contributed by atoms with Gasteiger partial charge in [0.05, 0.1) is 18.3 Å². The molecule has 3 aromatic rings. The van der Waals surface area contributed by atoms with Crippen LogP contribution < -0.4 is 10.1 Å². The third kappa shape index (κ3) is 6.63. The van der Waals surface area contributed by atoms with E-state index in [-0.39, 0.29) is 17.6 Å². The highest BCUT2D eigenvalue weighted by Crippen LogP contribution is 2.47. The van der Waals surface area contributed by atoms with Crippen molar-refractivity contribution in [3.05, 3.63) is 77.0 Å². The van der Waals surface area contributed by atoms with Crippen LogP contribution in [0.2, 0.25) is 0 Å². The first kappa shape index (κ1) is 25.7. The number of carboxylic acids is 1. The van der Waals surface area contributed by atoms with Crippen molar-refractivity contribution in [3.63, 3.8) is 0 Å². The Morgan fingerprint density at radius 1 is 1.14 bits per heavy atom. The number of nitrogens with one attached hydrogen (secondary N) is 1. The highest BCUT2D eigenvalue weighted by atomic mass is 32.2. The number of carboxylic acid groups (broad SMARTS) is 1. The van der Waals surface area contributed by atoms with Crippen LogP contribution in [0.5, 0.6) is 5.75 Å².